The molecule has 3 aromatic rings. The van der Waals surface area contributed by atoms with E-state index in [0.29, 0.717) is 10.9 Å². The van der Waals surface area contributed by atoms with Gasteiger partial charge in [-0.15, -0.1) is 0 Å². The van der Waals surface area contributed by atoms with Crippen molar-refractivity contribution in [2.75, 3.05) is 5.32 Å². The quantitative estimate of drug-likeness (QED) is 0.757. The van der Waals surface area contributed by atoms with Gasteiger partial charge < -0.3 is 4.74 Å². The summed E-state index contributed by atoms with van der Waals surface area (Å²) in [6, 6.07) is 6.69. The maximum atomic E-state index is 13.3. The van der Waals surface area contributed by atoms with Crippen molar-refractivity contribution in [3.8, 4) is 5.75 Å². The van der Waals surface area contributed by atoms with E-state index in [4.69, 9.17) is 4.74 Å². The van der Waals surface area contributed by atoms with Crippen LogP contribution in [0.1, 0.15) is 5.56 Å². The summed E-state index contributed by atoms with van der Waals surface area (Å²) < 4.78 is 18.3. The number of aromatic nitrogens is 3. The lowest BCUT2D eigenvalue weighted by atomic mass is 10.2. The Labute approximate surface area is 129 Å². The van der Waals surface area contributed by atoms with Gasteiger partial charge in [-0.2, -0.15) is 0 Å². The fourth-order valence-electron chi connectivity index (χ4n) is 1.95. The lowest BCUT2D eigenvalue weighted by Gasteiger charge is -2.08. The van der Waals surface area contributed by atoms with Crippen LogP contribution in [-0.4, -0.2) is 21.0 Å². The number of halogens is 1. The number of rotatable bonds is 2. The Morgan fingerprint density at radius 1 is 1.30 bits per heavy atom. The number of aromatic amines is 1. The highest BCUT2D eigenvalue weighted by atomic mass is 19.1. The smallest absolute Gasteiger partial charge is 0.408 e. The highest BCUT2D eigenvalue weighted by Gasteiger charge is 2.12. The topological polar surface area (TPSA) is 97.0 Å². The molecule has 0 saturated heterocycles. The van der Waals surface area contributed by atoms with Gasteiger partial charge in [0.25, 0.3) is 5.56 Å². The summed E-state index contributed by atoms with van der Waals surface area (Å²) in [6.45, 7) is 1.45. The number of fused-ring (bicyclic) bond motifs is 1. The van der Waals surface area contributed by atoms with E-state index < -0.39 is 17.5 Å². The van der Waals surface area contributed by atoms with Crippen molar-refractivity contribution in [1.82, 2.24) is 15.0 Å². The minimum Gasteiger partial charge on any atom is -0.408 e. The predicted molar refractivity (Wildman–Crippen MR) is 80.9 cm³/mol. The predicted octanol–water partition coefficient (Wildman–Crippen LogP) is 2.38. The van der Waals surface area contributed by atoms with Crippen LogP contribution >= 0.6 is 0 Å². The van der Waals surface area contributed by atoms with E-state index in [1.165, 1.54) is 13.1 Å². The molecule has 8 heteroatoms. The van der Waals surface area contributed by atoms with E-state index in [9.17, 15) is 14.0 Å². The Morgan fingerprint density at radius 3 is 2.91 bits per heavy atom. The van der Waals surface area contributed by atoms with E-state index in [1.54, 1.807) is 24.3 Å². The van der Waals surface area contributed by atoms with Crippen molar-refractivity contribution in [3.05, 3.63) is 58.4 Å². The molecule has 1 aromatic carbocycles. The van der Waals surface area contributed by atoms with Gasteiger partial charge in [0.2, 0.25) is 5.95 Å². The molecular formula is C15H11FN4O3. The zero-order valence-corrected chi connectivity index (χ0v) is 12.0. The second-order valence-corrected chi connectivity index (χ2v) is 4.69. The minimum absolute atomic E-state index is 0.0226. The van der Waals surface area contributed by atoms with E-state index in [-0.39, 0.29) is 17.3 Å². The number of para-hydroxylation sites is 1. The number of nitrogens with zero attached hydrogens (tertiary/aromatic N) is 2. The van der Waals surface area contributed by atoms with Gasteiger partial charge in [0.05, 0.1) is 23.3 Å². The third-order valence-electron chi connectivity index (χ3n) is 3.14. The van der Waals surface area contributed by atoms with E-state index in [2.05, 4.69) is 20.3 Å². The van der Waals surface area contributed by atoms with Gasteiger partial charge in [-0.25, -0.2) is 14.2 Å². The second-order valence-electron chi connectivity index (χ2n) is 4.69. The number of nitrogens with one attached hydrogen (secondary N) is 2. The maximum Gasteiger partial charge on any atom is 0.419 e. The molecule has 0 saturated carbocycles. The van der Waals surface area contributed by atoms with E-state index in [1.807, 2.05) is 0 Å². The van der Waals surface area contributed by atoms with Crippen LogP contribution < -0.4 is 15.6 Å². The standard InChI is InChI=1S/C15H11FN4O3/c1-8-10(16)6-17-7-12(8)23-15(22)20-14-18-11-5-3-2-4-9(11)13(21)19-14/h2-7H,1H3,(H2,18,19,20,21,22). The SMILES string of the molecule is Cc1c(F)cncc1OC(=O)Nc1nc2ccccc2c(=O)[nH]1. The molecular weight excluding hydrogens is 303 g/mol. The molecule has 0 aliphatic carbocycles. The second kappa shape index (κ2) is 5.84. The Balaban J connectivity index is 1.83. The number of benzene rings is 1. The van der Waals surface area contributed by atoms with Crippen LogP contribution in [0.25, 0.3) is 10.9 Å². The van der Waals surface area contributed by atoms with Gasteiger partial charge in [0.15, 0.2) is 5.75 Å². The molecule has 0 atom stereocenters. The average molecular weight is 314 g/mol. The maximum absolute atomic E-state index is 13.3. The van der Waals surface area contributed by atoms with Gasteiger partial charge in [0, 0.05) is 5.56 Å². The summed E-state index contributed by atoms with van der Waals surface area (Å²) in [5, 5.41) is 2.69. The van der Waals surface area contributed by atoms with Gasteiger partial charge in [-0.1, -0.05) is 12.1 Å². The molecule has 0 bridgehead atoms. The molecule has 0 unspecified atom stereocenters. The van der Waals surface area contributed by atoms with Gasteiger partial charge >= 0.3 is 6.09 Å². The molecule has 7 nitrogen and oxygen atoms in total. The van der Waals surface area contributed by atoms with Crippen LogP contribution in [0.2, 0.25) is 0 Å². The fourth-order valence-corrected chi connectivity index (χ4v) is 1.95. The van der Waals surface area contributed by atoms with Crippen LogP contribution in [0, 0.1) is 12.7 Å². The molecule has 3 rings (SSSR count). The highest BCUT2D eigenvalue weighted by molar-refractivity contribution is 5.86. The fraction of sp³-hybridized carbons (Fsp3) is 0.0667. The van der Waals surface area contributed by atoms with Crippen LogP contribution in [-0.2, 0) is 0 Å². The molecule has 0 radical (unpaired) electrons. The highest BCUT2D eigenvalue weighted by Crippen LogP contribution is 2.18. The number of carbonyl (C=O) groups is 1. The van der Waals surface area contributed by atoms with Crippen molar-refractivity contribution in [3.63, 3.8) is 0 Å². The van der Waals surface area contributed by atoms with Crippen molar-refractivity contribution >= 4 is 22.9 Å². The number of amides is 1. The van der Waals surface area contributed by atoms with E-state index in [0.717, 1.165) is 6.20 Å². The van der Waals surface area contributed by atoms with Crippen LogP contribution in [0.15, 0.2) is 41.5 Å². The lowest BCUT2D eigenvalue weighted by Crippen LogP contribution is -2.21. The zero-order valence-electron chi connectivity index (χ0n) is 12.0. The first kappa shape index (κ1) is 14.6. The zero-order chi connectivity index (χ0) is 16.4. The minimum atomic E-state index is -0.918. The monoisotopic (exact) mass is 314 g/mol. The number of hydrogen-bond acceptors (Lipinski definition) is 5. The van der Waals surface area contributed by atoms with Crippen LogP contribution in [0.5, 0.6) is 5.75 Å². The number of hydrogen-bond donors (Lipinski definition) is 2. The number of anilines is 1. The van der Waals surface area contributed by atoms with Gasteiger partial charge in [-0.3, -0.25) is 20.1 Å². The summed E-state index contributed by atoms with van der Waals surface area (Å²) in [4.78, 5) is 33.9. The van der Waals surface area contributed by atoms with Gasteiger partial charge in [0.1, 0.15) is 5.82 Å². The van der Waals surface area contributed by atoms with Crippen molar-refractivity contribution in [2.24, 2.45) is 0 Å². The summed E-state index contributed by atoms with van der Waals surface area (Å²) in [5.74, 6) is -0.682. The number of carbonyl (C=O) groups excluding carboxylic acids is 1. The lowest BCUT2D eigenvalue weighted by molar-refractivity contribution is 0.214. The molecule has 1 amide bonds. The molecule has 0 aliphatic rings. The summed E-state index contributed by atoms with van der Waals surface area (Å²) in [7, 11) is 0. The first-order chi connectivity index (χ1) is 11.0. The molecule has 2 aromatic heterocycles. The normalized spacial score (nSPS) is 10.5. The number of ether oxygens (including phenoxy) is 1. The molecule has 0 aliphatic heterocycles. The Kier molecular flexibility index (Phi) is 3.71. The average Bonchev–Trinajstić information content (AvgIpc) is 2.52. The van der Waals surface area contributed by atoms with Crippen molar-refractivity contribution in [1.29, 1.82) is 0 Å². The summed E-state index contributed by atoms with van der Waals surface area (Å²) in [5.41, 5.74) is 0.180. The first-order valence-electron chi connectivity index (χ1n) is 6.62. The molecule has 0 spiro atoms. The van der Waals surface area contributed by atoms with Crippen LogP contribution in [0.4, 0.5) is 15.1 Å². The Bertz CT molecular complexity index is 955. The molecule has 2 N–H and O–H groups in total. The van der Waals surface area contributed by atoms with Crippen molar-refractivity contribution < 1.29 is 13.9 Å². The molecule has 0 fully saturated rings. The molecule has 116 valence electrons. The van der Waals surface area contributed by atoms with E-state index >= 15 is 0 Å². The summed E-state index contributed by atoms with van der Waals surface area (Å²) in [6.07, 6.45) is 1.32. The van der Waals surface area contributed by atoms with Crippen molar-refractivity contribution in [2.45, 2.75) is 6.92 Å². The molecule has 2 heterocycles. The summed E-state index contributed by atoms with van der Waals surface area (Å²) >= 11 is 0. The Hall–Kier alpha value is -3.29. The third kappa shape index (κ3) is 3.00. The van der Waals surface area contributed by atoms with Gasteiger partial charge in [-0.05, 0) is 19.1 Å². The largest absolute Gasteiger partial charge is 0.419 e. The third-order valence-corrected chi connectivity index (χ3v) is 3.14. The van der Waals surface area contributed by atoms with Crippen LogP contribution in [0.3, 0.4) is 0 Å². The molecule has 23 heavy (non-hydrogen) atoms. The number of H-pyrrole nitrogens is 1. The number of pyridine rings is 1. The first-order valence-corrected chi connectivity index (χ1v) is 6.62. The Morgan fingerprint density at radius 2 is 2.09 bits per heavy atom.